The molecule has 0 aliphatic rings. The molecule has 2 rings (SSSR count). The molecule has 0 saturated carbocycles. The quantitative estimate of drug-likeness (QED) is 0.135. The van der Waals surface area contributed by atoms with E-state index >= 15 is 0 Å². The molecule has 0 aromatic heterocycles. The second-order valence-corrected chi connectivity index (χ2v) is 12.3. The van der Waals surface area contributed by atoms with Crippen LogP contribution in [0.1, 0.15) is 65.0 Å². The van der Waals surface area contributed by atoms with Crippen LogP contribution in [0.5, 0.6) is 0 Å². The van der Waals surface area contributed by atoms with Gasteiger partial charge < -0.3 is 36.4 Å². The average Bonchev–Trinajstić information content (AvgIpc) is 3.05. The molecule has 258 valence electrons. The summed E-state index contributed by atoms with van der Waals surface area (Å²) in [4.78, 5) is 63.5. The SMILES string of the molecule is CC(C)CNC(=O)[C@@H](NC(=O)CCCC(Cc1ccccc1)NC(=O)[C@H](C)NC(=O)[C@H](C)NC(=O)OCc1ccccc1)C(C)CO. The van der Waals surface area contributed by atoms with Crippen molar-refractivity contribution in [2.75, 3.05) is 13.2 Å². The lowest BCUT2D eigenvalue weighted by atomic mass is 9.99. The monoisotopic (exact) mass is 653 g/mol. The van der Waals surface area contributed by atoms with E-state index in [1.165, 1.54) is 6.92 Å². The molecule has 2 aromatic carbocycles. The van der Waals surface area contributed by atoms with Crippen molar-refractivity contribution in [1.82, 2.24) is 26.6 Å². The van der Waals surface area contributed by atoms with Crippen molar-refractivity contribution in [3.63, 3.8) is 0 Å². The average molecular weight is 654 g/mol. The Balaban J connectivity index is 1.91. The molecule has 0 aliphatic carbocycles. The Morgan fingerprint density at radius 2 is 1.30 bits per heavy atom. The highest BCUT2D eigenvalue weighted by Gasteiger charge is 2.27. The summed E-state index contributed by atoms with van der Waals surface area (Å²) in [5.74, 6) is -1.87. The van der Waals surface area contributed by atoms with Gasteiger partial charge in [-0.2, -0.15) is 0 Å². The minimum absolute atomic E-state index is 0.0558. The van der Waals surface area contributed by atoms with E-state index in [1.54, 1.807) is 13.8 Å². The van der Waals surface area contributed by atoms with E-state index in [-0.39, 0.29) is 43.4 Å². The van der Waals surface area contributed by atoms with Gasteiger partial charge in [0.05, 0.1) is 0 Å². The van der Waals surface area contributed by atoms with Crippen LogP contribution in [0.4, 0.5) is 4.79 Å². The van der Waals surface area contributed by atoms with Crippen LogP contribution in [0.25, 0.3) is 0 Å². The molecule has 0 aliphatic heterocycles. The van der Waals surface area contributed by atoms with E-state index in [9.17, 15) is 29.1 Å². The first-order valence-electron chi connectivity index (χ1n) is 16.2. The second-order valence-electron chi connectivity index (χ2n) is 12.3. The Kier molecular flexibility index (Phi) is 17.0. The zero-order chi connectivity index (χ0) is 34.8. The standard InChI is InChI=1S/C35H51N5O7/c1-23(2)20-36-34(45)31(24(3)21-41)40-30(42)18-12-17-29(19-27-13-8-6-9-14-27)39-33(44)25(4)37-32(43)26(5)38-35(46)47-22-28-15-10-7-11-16-28/h6-11,13-16,23-26,29,31,41H,12,17-22H2,1-5H3,(H,36,45)(H,37,43)(H,38,46)(H,39,44)(H,40,42)/t24?,25-,26-,29?,31-/m0/s1. The number of aliphatic hydroxyl groups is 1. The molecule has 47 heavy (non-hydrogen) atoms. The maximum atomic E-state index is 13.1. The van der Waals surface area contributed by atoms with E-state index in [2.05, 4.69) is 26.6 Å². The van der Waals surface area contributed by atoms with Gasteiger partial charge in [-0.25, -0.2) is 4.79 Å². The van der Waals surface area contributed by atoms with Crippen molar-refractivity contribution >= 4 is 29.7 Å². The number of amides is 5. The number of hydrogen-bond donors (Lipinski definition) is 6. The number of alkyl carbamates (subject to hydrolysis) is 1. The molecule has 12 heteroatoms. The van der Waals surface area contributed by atoms with Crippen LogP contribution < -0.4 is 26.6 Å². The fraction of sp³-hybridized carbons (Fsp3) is 0.514. The molecule has 0 heterocycles. The van der Waals surface area contributed by atoms with Gasteiger partial charge in [0.1, 0.15) is 24.7 Å². The van der Waals surface area contributed by atoms with Crippen LogP contribution in [-0.2, 0) is 36.9 Å². The van der Waals surface area contributed by atoms with Crippen LogP contribution in [-0.4, -0.2) is 72.1 Å². The summed E-state index contributed by atoms with van der Waals surface area (Å²) in [6.07, 6.45) is 0.739. The van der Waals surface area contributed by atoms with Crippen molar-refractivity contribution in [2.45, 2.75) is 91.1 Å². The summed E-state index contributed by atoms with van der Waals surface area (Å²) in [5.41, 5.74) is 1.80. The number of rotatable bonds is 19. The Bertz CT molecular complexity index is 1280. The van der Waals surface area contributed by atoms with Crippen LogP contribution in [0.3, 0.4) is 0 Å². The predicted octanol–water partition coefficient (Wildman–Crippen LogP) is 2.59. The highest BCUT2D eigenvalue weighted by atomic mass is 16.5. The molecule has 0 bridgehead atoms. The van der Waals surface area contributed by atoms with Gasteiger partial charge in [-0.05, 0) is 50.2 Å². The summed E-state index contributed by atoms with van der Waals surface area (Å²) >= 11 is 0. The number of carbonyl (C=O) groups excluding carboxylic acids is 5. The normalized spacial score (nSPS) is 14.1. The van der Waals surface area contributed by atoms with Crippen molar-refractivity contribution in [3.8, 4) is 0 Å². The summed E-state index contributed by atoms with van der Waals surface area (Å²) < 4.78 is 5.17. The van der Waals surface area contributed by atoms with Crippen molar-refractivity contribution < 1.29 is 33.8 Å². The Labute approximate surface area is 277 Å². The lowest BCUT2D eigenvalue weighted by molar-refractivity contribution is -0.130. The maximum absolute atomic E-state index is 13.1. The Morgan fingerprint density at radius 3 is 1.89 bits per heavy atom. The third kappa shape index (κ3) is 15.1. The summed E-state index contributed by atoms with van der Waals surface area (Å²) in [7, 11) is 0. The minimum Gasteiger partial charge on any atom is -0.445 e. The molecule has 0 radical (unpaired) electrons. The first-order chi connectivity index (χ1) is 22.4. The Hall–Kier alpha value is -4.45. The van der Waals surface area contributed by atoms with Gasteiger partial charge in [0.25, 0.3) is 0 Å². The van der Waals surface area contributed by atoms with Crippen LogP contribution in [0.15, 0.2) is 60.7 Å². The summed E-state index contributed by atoms with van der Waals surface area (Å²) in [5, 5.41) is 23.3. The minimum atomic E-state index is -0.947. The van der Waals surface area contributed by atoms with Crippen molar-refractivity contribution in [1.29, 1.82) is 0 Å². The molecular formula is C35H51N5O7. The highest BCUT2D eigenvalue weighted by molar-refractivity contribution is 5.91. The lowest BCUT2D eigenvalue weighted by Crippen LogP contribution is -2.53. The molecular weight excluding hydrogens is 602 g/mol. The van der Waals surface area contributed by atoms with Gasteiger partial charge in [-0.15, -0.1) is 0 Å². The smallest absolute Gasteiger partial charge is 0.408 e. The van der Waals surface area contributed by atoms with E-state index in [0.717, 1.165) is 11.1 Å². The number of ether oxygens (including phenoxy) is 1. The van der Waals surface area contributed by atoms with Gasteiger partial charge in [0.15, 0.2) is 0 Å². The zero-order valence-corrected chi connectivity index (χ0v) is 28.1. The predicted molar refractivity (Wildman–Crippen MR) is 179 cm³/mol. The zero-order valence-electron chi connectivity index (χ0n) is 28.1. The first-order valence-corrected chi connectivity index (χ1v) is 16.2. The third-order valence-corrected chi connectivity index (χ3v) is 7.46. The van der Waals surface area contributed by atoms with Crippen molar-refractivity contribution in [2.24, 2.45) is 11.8 Å². The molecule has 0 saturated heterocycles. The maximum Gasteiger partial charge on any atom is 0.408 e. The highest BCUT2D eigenvalue weighted by Crippen LogP contribution is 2.11. The van der Waals surface area contributed by atoms with E-state index in [4.69, 9.17) is 4.74 Å². The molecule has 0 spiro atoms. The summed E-state index contributed by atoms with van der Waals surface area (Å²) in [6.45, 7) is 8.92. The second kappa shape index (κ2) is 20.6. The molecule has 2 unspecified atom stereocenters. The number of hydrogen-bond acceptors (Lipinski definition) is 7. The molecule has 5 atom stereocenters. The van der Waals surface area contributed by atoms with Gasteiger partial charge in [-0.1, -0.05) is 81.4 Å². The van der Waals surface area contributed by atoms with E-state index in [0.29, 0.717) is 25.8 Å². The van der Waals surface area contributed by atoms with Gasteiger partial charge in [-0.3, -0.25) is 19.2 Å². The first kappa shape index (κ1) is 38.7. The molecule has 0 fully saturated rings. The Morgan fingerprint density at radius 1 is 0.723 bits per heavy atom. The largest absolute Gasteiger partial charge is 0.445 e. The number of benzene rings is 2. The molecule has 12 nitrogen and oxygen atoms in total. The van der Waals surface area contributed by atoms with E-state index in [1.807, 2.05) is 74.5 Å². The number of carbonyl (C=O) groups is 5. The van der Waals surface area contributed by atoms with Gasteiger partial charge >= 0.3 is 6.09 Å². The van der Waals surface area contributed by atoms with Crippen LogP contribution in [0.2, 0.25) is 0 Å². The number of aliphatic hydroxyl groups excluding tert-OH is 1. The molecule has 6 N–H and O–H groups in total. The summed E-state index contributed by atoms with van der Waals surface area (Å²) in [6, 6.07) is 15.7. The lowest BCUT2D eigenvalue weighted by Gasteiger charge is -2.24. The number of nitrogens with one attached hydrogen (secondary N) is 5. The fourth-order valence-electron chi connectivity index (χ4n) is 4.60. The van der Waals surface area contributed by atoms with Gasteiger partial charge in [0.2, 0.25) is 23.6 Å². The fourth-order valence-corrected chi connectivity index (χ4v) is 4.60. The van der Waals surface area contributed by atoms with Crippen LogP contribution in [0, 0.1) is 11.8 Å². The molecule has 2 aromatic rings. The third-order valence-electron chi connectivity index (χ3n) is 7.46. The topological polar surface area (TPSA) is 175 Å². The van der Waals surface area contributed by atoms with Crippen molar-refractivity contribution in [3.05, 3.63) is 71.8 Å². The molecule has 5 amide bonds. The van der Waals surface area contributed by atoms with E-state index < -0.39 is 42.0 Å². The van der Waals surface area contributed by atoms with Gasteiger partial charge in [0, 0.05) is 31.5 Å². The van der Waals surface area contributed by atoms with Crippen LogP contribution >= 0.6 is 0 Å².